The highest BCUT2D eigenvalue weighted by Crippen LogP contribution is 2.26. The number of amides is 1. The van der Waals surface area contributed by atoms with Crippen LogP contribution < -0.4 is 10.1 Å². The molecule has 136 valence electrons. The van der Waals surface area contributed by atoms with E-state index in [0.29, 0.717) is 11.6 Å². The van der Waals surface area contributed by atoms with E-state index >= 15 is 0 Å². The lowest BCUT2D eigenvalue weighted by molar-refractivity contribution is -0.115. The third-order valence-corrected chi connectivity index (χ3v) is 4.06. The van der Waals surface area contributed by atoms with E-state index < -0.39 is 6.61 Å². The second kappa shape index (κ2) is 7.56. The number of carbonyl (C=O) groups is 1. The third kappa shape index (κ3) is 4.20. The van der Waals surface area contributed by atoms with E-state index in [4.69, 9.17) is 4.42 Å². The van der Waals surface area contributed by atoms with Gasteiger partial charge < -0.3 is 14.5 Å². The predicted molar refractivity (Wildman–Crippen MR) is 95.7 cm³/mol. The van der Waals surface area contributed by atoms with Crippen molar-refractivity contribution in [2.45, 2.75) is 32.8 Å². The van der Waals surface area contributed by atoms with Crippen LogP contribution in [0.1, 0.15) is 30.9 Å². The van der Waals surface area contributed by atoms with Gasteiger partial charge in [0.05, 0.1) is 12.7 Å². The van der Waals surface area contributed by atoms with Gasteiger partial charge in [-0.25, -0.2) is 0 Å². The number of fused-ring (bicyclic) bond motifs is 1. The van der Waals surface area contributed by atoms with Crippen LogP contribution >= 0.6 is 0 Å². The number of ether oxygens (including phenoxy) is 1. The summed E-state index contributed by atoms with van der Waals surface area (Å²) in [7, 11) is 0. The van der Waals surface area contributed by atoms with Gasteiger partial charge in [-0.1, -0.05) is 19.9 Å². The lowest BCUT2D eigenvalue weighted by Crippen LogP contribution is -2.14. The molecule has 0 spiro atoms. The van der Waals surface area contributed by atoms with Gasteiger partial charge in [0.2, 0.25) is 5.91 Å². The van der Waals surface area contributed by atoms with Crippen molar-refractivity contribution < 1.29 is 22.7 Å². The van der Waals surface area contributed by atoms with E-state index in [9.17, 15) is 13.6 Å². The second-order valence-corrected chi connectivity index (χ2v) is 6.30. The van der Waals surface area contributed by atoms with Gasteiger partial charge in [-0.05, 0) is 47.9 Å². The molecule has 3 rings (SSSR count). The first kappa shape index (κ1) is 17.9. The average Bonchev–Trinajstić information content (AvgIpc) is 2.98. The van der Waals surface area contributed by atoms with Gasteiger partial charge in [0.25, 0.3) is 0 Å². The van der Waals surface area contributed by atoms with Crippen LogP contribution in [-0.2, 0) is 11.2 Å². The number of nitrogens with one attached hydrogen (secondary N) is 1. The SMILES string of the molecule is CC(C)c1ccc2occ(CC(=O)Nc3ccc(OC(F)F)cc3)c2c1. The van der Waals surface area contributed by atoms with Crippen LogP contribution in [0.15, 0.2) is 53.1 Å². The van der Waals surface area contributed by atoms with Gasteiger partial charge in [0.1, 0.15) is 11.3 Å². The summed E-state index contributed by atoms with van der Waals surface area (Å²) in [5.74, 6) is 0.204. The minimum absolute atomic E-state index is 0.0417. The smallest absolute Gasteiger partial charge is 0.387 e. The molecule has 0 aliphatic heterocycles. The standard InChI is InChI=1S/C20H19F2NO3/c1-12(2)13-3-8-18-17(9-13)14(11-25-18)10-19(24)23-15-4-6-16(7-5-15)26-20(21)22/h3-9,11-12,20H,10H2,1-2H3,(H,23,24). The van der Waals surface area contributed by atoms with E-state index in [2.05, 4.69) is 23.9 Å². The van der Waals surface area contributed by atoms with Gasteiger partial charge >= 0.3 is 6.61 Å². The van der Waals surface area contributed by atoms with Crippen LogP contribution in [0.3, 0.4) is 0 Å². The van der Waals surface area contributed by atoms with Crippen LogP contribution in [0.25, 0.3) is 11.0 Å². The fourth-order valence-corrected chi connectivity index (χ4v) is 2.69. The van der Waals surface area contributed by atoms with Crippen molar-refractivity contribution in [2.75, 3.05) is 5.32 Å². The Hall–Kier alpha value is -2.89. The van der Waals surface area contributed by atoms with Crippen molar-refractivity contribution in [1.29, 1.82) is 0 Å². The first-order valence-electron chi connectivity index (χ1n) is 8.27. The summed E-state index contributed by atoms with van der Waals surface area (Å²) in [4.78, 5) is 12.3. The Bertz CT molecular complexity index is 901. The molecule has 0 unspecified atom stereocenters. The molecule has 0 radical (unpaired) electrons. The lowest BCUT2D eigenvalue weighted by Gasteiger charge is -2.08. The van der Waals surface area contributed by atoms with Crippen LogP contribution in [0, 0.1) is 0 Å². The Morgan fingerprint density at radius 1 is 1.15 bits per heavy atom. The molecule has 0 saturated heterocycles. The van der Waals surface area contributed by atoms with Crippen molar-refractivity contribution in [3.8, 4) is 5.75 Å². The predicted octanol–water partition coefficient (Wildman–Crippen LogP) is 5.34. The Kier molecular flexibility index (Phi) is 5.21. The molecule has 1 N–H and O–H groups in total. The van der Waals surface area contributed by atoms with Crippen molar-refractivity contribution >= 4 is 22.6 Å². The van der Waals surface area contributed by atoms with Gasteiger partial charge in [-0.3, -0.25) is 4.79 Å². The lowest BCUT2D eigenvalue weighted by atomic mass is 10.00. The summed E-state index contributed by atoms with van der Waals surface area (Å²) < 4.78 is 34.1. The molecule has 6 heteroatoms. The Labute approximate surface area is 149 Å². The molecule has 0 saturated carbocycles. The van der Waals surface area contributed by atoms with Crippen molar-refractivity contribution in [2.24, 2.45) is 0 Å². The number of carbonyl (C=O) groups excluding carboxylic acids is 1. The zero-order valence-corrected chi connectivity index (χ0v) is 14.5. The van der Waals surface area contributed by atoms with Crippen LogP contribution in [0.4, 0.5) is 14.5 Å². The molecular formula is C20H19F2NO3. The maximum absolute atomic E-state index is 12.3. The number of anilines is 1. The molecule has 0 aliphatic rings. The molecule has 1 aromatic heterocycles. The monoisotopic (exact) mass is 359 g/mol. The highest BCUT2D eigenvalue weighted by Gasteiger charge is 2.12. The van der Waals surface area contributed by atoms with Gasteiger partial charge in [-0.15, -0.1) is 0 Å². The van der Waals surface area contributed by atoms with Gasteiger partial charge in [-0.2, -0.15) is 8.78 Å². The Morgan fingerprint density at radius 3 is 2.54 bits per heavy atom. The zero-order chi connectivity index (χ0) is 18.7. The minimum atomic E-state index is -2.87. The molecule has 1 heterocycles. The number of alkyl halides is 2. The summed E-state index contributed by atoms with van der Waals surface area (Å²) in [6, 6.07) is 11.8. The molecule has 1 amide bonds. The van der Waals surface area contributed by atoms with Crippen LogP contribution in [0.5, 0.6) is 5.75 Å². The molecule has 26 heavy (non-hydrogen) atoms. The molecular weight excluding hydrogens is 340 g/mol. The fraction of sp³-hybridized carbons (Fsp3) is 0.250. The molecule has 0 fully saturated rings. The summed E-state index contributed by atoms with van der Waals surface area (Å²) >= 11 is 0. The van der Waals surface area contributed by atoms with E-state index in [1.807, 2.05) is 18.2 Å². The maximum atomic E-state index is 12.3. The first-order chi connectivity index (χ1) is 12.4. The summed E-state index contributed by atoms with van der Waals surface area (Å²) in [5.41, 5.74) is 3.23. The second-order valence-electron chi connectivity index (χ2n) is 6.30. The van der Waals surface area contributed by atoms with E-state index in [0.717, 1.165) is 16.5 Å². The fourth-order valence-electron chi connectivity index (χ4n) is 2.69. The van der Waals surface area contributed by atoms with Crippen molar-refractivity contribution in [3.05, 3.63) is 59.9 Å². The van der Waals surface area contributed by atoms with Crippen LogP contribution in [-0.4, -0.2) is 12.5 Å². The number of halogens is 2. The molecule has 2 aromatic carbocycles. The molecule has 0 atom stereocenters. The number of hydrogen-bond donors (Lipinski definition) is 1. The molecule has 4 nitrogen and oxygen atoms in total. The third-order valence-electron chi connectivity index (χ3n) is 4.06. The maximum Gasteiger partial charge on any atom is 0.387 e. The van der Waals surface area contributed by atoms with E-state index in [1.54, 1.807) is 6.26 Å². The number of furan rings is 1. The highest BCUT2D eigenvalue weighted by atomic mass is 19.3. The summed E-state index contributed by atoms with van der Waals surface area (Å²) in [6.07, 6.45) is 1.75. The van der Waals surface area contributed by atoms with Gasteiger partial charge in [0.15, 0.2) is 0 Å². The Morgan fingerprint density at radius 2 is 1.88 bits per heavy atom. The van der Waals surface area contributed by atoms with E-state index in [1.165, 1.54) is 29.8 Å². The molecule has 0 bridgehead atoms. The van der Waals surface area contributed by atoms with Crippen molar-refractivity contribution in [1.82, 2.24) is 0 Å². The number of benzene rings is 2. The first-order valence-corrected chi connectivity index (χ1v) is 8.27. The van der Waals surface area contributed by atoms with Crippen molar-refractivity contribution in [3.63, 3.8) is 0 Å². The zero-order valence-electron chi connectivity index (χ0n) is 14.5. The average molecular weight is 359 g/mol. The molecule has 3 aromatic rings. The highest BCUT2D eigenvalue weighted by molar-refractivity contribution is 5.95. The topological polar surface area (TPSA) is 51.5 Å². The van der Waals surface area contributed by atoms with Gasteiger partial charge in [0, 0.05) is 16.6 Å². The quantitative estimate of drug-likeness (QED) is 0.646. The largest absolute Gasteiger partial charge is 0.464 e. The summed E-state index contributed by atoms with van der Waals surface area (Å²) in [6.45, 7) is 1.34. The van der Waals surface area contributed by atoms with E-state index in [-0.39, 0.29) is 18.1 Å². The normalized spacial score (nSPS) is 11.3. The minimum Gasteiger partial charge on any atom is -0.464 e. The Balaban J connectivity index is 1.70. The molecule has 0 aliphatic carbocycles. The number of hydrogen-bond acceptors (Lipinski definition) is 3. The number of rotatable bonds is 6. The summed E-state index contributed by atoms with van der Waals surface area (Å²) in [5, 5.41) is 3.66. The van der Waals surface area contributed by atoms with Crippen LogP contribution in [0.2, 0.25) is 0 Å².